The second kappa shape index (κ2) is 6.41. The number of nitro groups is 1. The fourth-order valence-electron chi connectivity index (χ4n) is 1.74. The Morgan fingerprint density at radius 3 is 2.81 bits per heavy atom. The average Bonchev–Trinajstić information content (AvgIpc) is 2.44. The molecule has 0 heterocycles. The molecule has 0 bridgehead atoms. The second-order valence-corrected chi connectivity index (χ2v) is 4.56. The van der Waals surface area contributed by atoms with Crippen LogP contribution in [-0.4, -0.2) is 11.5 Å². The molecule has 0 aromatic heterocycles. The highest BCUT2D eigenvalue weighted by Crippen LogP contribution is 2.32. The molecule has 0 aliphatic rings. The van der Waals surface area contributed by atoms with Crippen molar-refractivity contribution in [3.05, 3.63) is 57.4 Å². The molecule has 2 aromatic rings. The molecule has 0 saturated heterocycles. The maximum Gasteiger partial charge on any atom is 0.275 e. The van der Waals surface area contributed by atoms with Crippen molar-refractivity contribution >= 4 is 23.0 Å². The predicted molar refractivity (Wildman–Crippen MR) is 78.7 cm³/mol. The minimum atomic E-state index is -0.712. The number of nitrogens with one attached hydrogen (secondary N) is 1. The van der Waals surface area contributed by atoms with Gasteiger partial charge in [0, 0.05) is 24.4 Å². The van der Waals surface area contributed by atoms with Crippen LogP contribution < -0.4 is 10.1 Å². The summed E-state index contributed by atoms with van der Waals surface area (Å²) in [6.45, 7) is 2.45. The molecule has 0 saturated carbocycles. The molecule has 2 aromatic carbocycles. The number of hydrogen-bond acceptors (Lipinski definition) is 4. The van der Waals surface area contributed by atoms with Crippen LogP contribution in [0.1, 0.15) is 6.92 Å². The van der Waals surface area contributed by atoms with E-state index in [1.165, 1.54) is 30.3 Å². The standard InChI is InChI=1S/C14H12ClFN2O3/c1-2-17-9-6-10(18(19)20)8-11(7-9)21-13-5-3-4-12(15)14(13)16/h3-8,17H,2H2,1H3. The topological polar surface area (TPSA) is 64.4 Å². The zero-order chi connectivity index (χ0) is 15.4. The van der Waals surface area contributed by atoms with E-state index in [1.807, 2.05) is 6.92 Å². The van der Waals surface area contributed by atoms with Crippen LogP contribution in [0.2, 0.25) is 5.02 Å². The van der Waals surface area contributed by atoms with Crippen molar-refractivity contribution < 1.29 is 14.1 Å². The Morgan fingerprint density at radius 1 is 1.38 bits per heavy atom. The molecule has 0 aliphatic heterocycles. The highest BCUT2D eigenvalue weighted by atomic mass is 35.5. The molecule has 5 nitrogen and oxygen atoms in total. The molecule has 0 unspecified atom stereocenters. The first-order valence-corrected chi connectivity index (χ1v) is 6.54. The third-order valence-electron chi connectivity index (χ3n) is 2.63. The molecule has 0 aliphatic carbocycles. The molecule has 0 spiro atoms. The summed E-state index contributed by atoms with van der Waals surface area (Å²) in [6, 6.07) is 8.47. The number of nitro benzene ring substituents is 1. The summed E-state index contributed by atoms with van der Waals surface area (Å²) in [5.74, 6) is -0.651. The van der Waals surface area contributed by atoms with E-state index in [0.717, 1.165) is 0 Å². The Balaban J connectivity index is 2.38. The molecule has 21 heavy (non-hydrogen) atoms. The van der Waals surface area contributed by atoms with Crippen LogP contribution in [0.25, 0.3) is 0 Å². The maximum absolute atomic E-state index is 13.8. The van der Waals surface area contributed by atoms with Crippen molar-refractivity contribution in [1.82, 2.24) is 0 Å². The summed E-state index contributed by atoms with van der Waals surface area (Å²) in [5.41, 5.74) is 0.370. The molecular formula is C14H12ClFN2O3. The van der Waals surface area contributed by atoms with Gasteiger partial charge < -0.3 is 10.1 Å². The minimum absolute atomic E-state index is 0.0789. The summed E-state index contributed by atoms with van der Waals surface area (Å²) in [5, 5.41) is 13.8. The average molecular weight is 311 g/mol. The Hall–Kier alpha value is -2.34. The zero-order valence-corrected chi connectivity index (χ0v) is 11.9. The number of non-ortho nitro benzene ring substituents is 1. The third-order valence-corrected chi connectivity index (χ3v) is 2.92. The third kappa shape index (κ3) is 3.61. The smallest absolute Gasteiger partial charge is 0.275 e. The van der Waals surface area contributed by atoms with E-state index < -0.39 is 10.7 Å². The van der Waals surface area contributed by atoms with Crippen molar-refractivity contribution in [2.45, 2.75) is 6.92 Å². The number of hydrogen-bond donors (Lipinski definition) is 1. The SMILES string of the molecule is CCNc1cc(Oc2cccc(Cl)c2F)cc([N+](=O)[O-])c1. The lowest BCUT2D eigenvalue weighted by Gasteiger charge is -2.10. The first-order valence-electron chi connectivity index (χ1n) is 6.16. The largest absolute Gasteiger partial charge is 0.454 e. The van der Waals surface area contributed by atoms with Gasteiger partial charge in [-0.05, 0) is 19.1 Å². The van der Waals surface area contributed by atoms with Gasteiger partial charge in [0.2, 0.25) is 0 Å². The van der Waals surface area contributed by atoms with Crippen LogP contribution in [0.5, 0.6) is 11.5 Å². The van der Waals surface area contributed by atoms with Gasteiger partial charge in [0.25, 0.3) is 5.69 Å². The summed E-state index contributed by atoms with van der Waals surface area (Å²) in [7, 11) is 0. The lowest BCUT2D eigenvalue weighted by Crippen LogP contribution is -1.99. The molecule has 0 radical (unpaired) electrons. The Kier molecular flexibility index (Phi) is 4.59. The molecule has 110 valence electrons. The minimum Gasteiger partial charge on any atom is -0.454 e. The Morgan fingerprint density at radius 2 is 2.14 bits per heavy atom. The fraction of sp³-hybridized carbons (Fsp3) is 0.143. The number of rotatable bonds is 5. The van der Waals surface area contributed by atoms with E-state index in [4.69, 9.17) is 16.3 Å². The molecule has 0 fully saturated rings. The summed E-state index contributed by atoms with van der Waals surface area (Å²) in [6.07, 6.45) is 0. The van der Waals surface area contributed by atoms with Gasteiger partial charge in [0.05, 0.1) is 16.0 Å². The molecule has 0 amide bonds. The van der Waals surface area contributed by atoms with Crippen LogP contribution >= 0.6 is 11.6 Å². The van der Waals surface area contributed by atoms with E-state index in [1.54, 1.807) is 6.07 Å². The van der Waals surface area contributed by atoms with Gasteiger partial charge >= 0.3 is 0 Å². The van der Waals surface area contributed by atoms with E-state index in [-0.39, 0.29) is 22.2 Å². The van der Waals surface area contributed by atoms with Crippen LogP contribution in [0.3, 0.4) is 0 Å². The van der Waals surface area contributed by atoms with Gasteiger partial charge in [0.15, 0.2) is 11.6 Å². The van der Waals surface area contributed by atoms with E-state index >= 15 is 0 Å². The van der Waals surface area contributed by atoms with Crippen LogP contribution in [0, 0.1) is 15.9 Å². The zero-order valence-electron chi connectivity index (χ0n) is 11.1. The van der Waals surface area contributed by atoms with Crippen molar-refractivity contribution in [2.75, 3.05) is 11.9 Å². The predicted octanol–water partition coefficient (Wildman–Crippen LogP) is 4.61. The van der Waals surface area contributed by atoms with Gasteiger partial charge in [-0.2, -0.15) is 0 Å². The van der Waals surface area contributed by atoms with Gasteiger partial charge in [0.1, 0.15) is 5.75 Å². The van der Waals surface area contributed by atoms with Crippen molar-refractivity contribution in [3.8, 4) is 11.5 Å². The number of halogens is 2. The first-order chi connectivity index (χ1) is 10.0. The van der Waals surface area contributed by atoms with Crippen LogP contribution in [-0.2, 0) is 0 Å². The number of benzene rings is 2. The molecule has 1 N–H and O–H groups in total. The Bertz CT molecular complexity index is 679. The second-order valence-electron chi connectivity index (χ2n) is 4.16. The summed E-state index contributed by atoms with van der Waals surface area (Å²) in [4.78, 5) is 10.4. The molecule has 7 heteroatoms. The van der Waals surface area contributed by atoms with Crippen molar-refractivity contribution in [1.29, 1.82) is 0 Å². The quantitative estimate of drug-likeness (QED) is 0.647. The monoisotopic (exact) mass is 310 g/mol. The molecule has 0 atom stereocenters. The highest BCUT2D eigenvalue weighted by molar-refractivity contribution is 6.30. The van der Waals surface area contributed by atoms with E-state index in [2.05, 4.69) is 5.32 Å². The van der Waals surface area contributed by atoms with Gasteiger partial charge in [-0.3, -0.25) is 10.1 Å². The summed E-state index contributed by atoms with van der Waals surface area (Å²) < 4.78 is 19.2. The fourth-order valence-corrected chi connectivity index (χ4v) is 1.91. The number of anilines is 1. The normalized spacial score (nSPS) is 10.2. The van der Waals surface area contributed by atoms with E-state index in [9.17, 15) is 14.5 Å². The molecular weight excluding hydrogens is 299 g/mol. The lowest BCUT2D eigenvalue weighted by atomic mass is 10.2. The highest BCUT2D eigenvalue weighted by Gasteiger charge is 2.13. The van der Waals surface area contributed by atoms with E-state index in [0.29, 0.717) is 12.2 Å². The van der Waals surface area contributed by atoms with Gasteiger partial charge in [-0.1, -0.05) is 17.7 Å². The van der Waals surface area contributed by atoms with Gasteiger partial charge in [-0.25, -0.2) is 4.39 Å². The van der Waals surface area contributed by atoms with Crippen molar-refractivity contribution in [2.24, 2.45) is 0 Å². The first kappa shape index (κ1) is 15.1. The van der Waals surface area contributed by atoms with Crippen molar-refractivity contribution in [3.63, 3.8) is 0 Å². The lowest BCUT2D eigenvalue weighted by molar-refractivity contribution is -0.384. The molecule has 2 rings (SSSR count). The number of ether oxygens (including phenoxy) is 1. The van der Waals surface area contributed by atoms with Crippen LogP contribution in [0.15, 0.2) is 36.4 Å². The maximum atomic E-state index is 13.8. The van der Waals surface area contributed by atoms with Gasteiger partial charge in [-0.15, -0.1) is 0 Å². The Labute approximate surface area is 125 Å². The summed E-state index contributed by atoms with van der Waals surface area (Å²) >= 11 is 5.67. The number of nitrogens with zero attached hydrogens (tertiary/aromatic N) is 1. The van der Waals surface area contributed by atoms with Crippen LogP contribution in [0.4, 0.5) is 15.8 Å².